The van der Waals surface area contributed by atoms with Crippen molar-refractivity contribution >= 4 is 7.67 Å². The third kappa shape index (κ3) is 4.10. The Morgan fingerprint density at radius 3 is 1.64 bits per heavy atom. The average molecular weight is 404 g/mol. The number of hydrogen-bond acceptors (Lipinski definition) is 2. The fourth-order valence-corrected chi connectivity index (χ4v) is 2.26. The molecule has 0 aliphatic heterocycles. The highest BCUT2D eigenvalue weighted by Crippen LogP contribution is 2.58. The number of alkyl halides is 9. The lowest BCUT2D eigenvalue weighted by molar-refractivity contribution is -0.405. The topological polar surface area (TPSA) is 78.3 Å². The van der Waals surface area contributed by atoms with Crippen LogP contribution in [-0.4, -0.2) is 23.9 Å². The SMILES string of the molecule is NP(N)(=O)OC(c1ccccc1)C(F)(F)C(F)(F)C(F)(F)C(F)(F)F. The van der Waals surface area contributed by atoms with E-state index in [2.05, 4.69) is 15.5 Å². The highest BCUT2D eigenvalue weighted by atomic mass is 31.2. The monoisotopic (exact) mass is 404 g/mol. The van der Waals surface area contributed by atoms with E-state index in [1.165, 1.54) is 6.07 Å². The van der Waals surface area contributed by atoms with Crippen LogP contribution >= 0.6 is 7.67 Å². The predicted molar refractivity (Wildman–Crippen MR) is 67.1 cm³/mol. The molecule has 1 aromatic rings. The Labute approximate surface area is 134 Å². The van der Waals surface area contributed by atoms with Crippen LogP contribution in [-0.2, 0) is 9.09 Å². The van der Waals surface area contributed by atoms with Crippen molar-refractivity contribution in [2.75, 3.05) is 0 Å². The Bertz CT molecular complexity index is 645. The van der Waals surface area contributed by atoms with Crippen LogP contribution in [0, 0.1) is 0 Å². The Morgan fingerprint density at radius 1 is 0.840 bits per heavy atom. The lowest BCUT2D eigenvalue weighted by Gasteiger charge is -2.37. The summed E-state index contributed by atoms with van der Waals surface area (Å²) >= 11 is 0. The van der Waals surface area contributed by atoms with Crippen LogP contribution in [0.25, 0.3) is 0 Å². The molecular formula is C11H10F9N2O2P. The first kappa shape index (κ1) is 21.7. The first-order valence-electron chi connectivity index (χ1n) is 6.06. The maximum Gasteiger partial charge on any atom is 0.460 e. The number of rotatable bonds is 6. The van der Waals surface area contributed by atoms with Crippen LogP contribution in [0.2, 0.25) is 0 Å². The molecule has 1 aromatic carbocycles. The van der Waals surface area contributed by atoms with E-state index in [1.807, 2.05) is 0 Å². The molecule has 14 heteroatoms. The van der Waals surface area contributed by atoms with Crippen LogP contribution in [0.5, 0.6) is 0 Å². The van der Waals surface area contributed by atoms with Crippen molar-refractivity contribution in [1.82, 2.24) is 0 Å². The molecule has 4 N–H and O–H groups in total. The fourth-order valence-electron chi connectivity index (χ4n) is 1.68. The highest BCUT2D eigenvalue weighted by molar-refractivity contribution is 7.53. The second kappa shape index (κ2) is 6.45. The van der Waals surface area contributed by atoms with Crippen molar-refractivity contribution in [3.8, 4) is 0 Å². The Morgan fingerprint density at radius 2 is 1.28 bits per heavy atom. The van der Waals surface area contributed by atoms with Gasteiger partial charge in [-0.05, 0) is 5.56 Å². The third-order valence-corrected chi connectivity index (χ3v) is 3.41. The molecule has 1 atom stereocenters. The summed E-state index contributed by atoms with van der Waals surface area (Å²) in [6.07, 6.45) is -10.5. The lowest BCUT2D eigenvalue weighted by atomic mass is 9.94. The van der Waals surface area contributed by atoms with Crippen molar-refractivity contribution in [1.29, 1.82) is 0 Å². The highest BCUT2D eigenvalue weighted by Gasteiger charge is 2.83. The van der Waals surface area contributed by atoms with E-state index in [0.717, 1.165) is 12.1 Å². The molecule has 1 unspecified atom stereocenters. The molecule has 0 spiro atoms. The van der Waals surface area contributed by atoms with Crippen molar-refractivity contribution in [3.05, 3.63) is 35.9 Å². The molecule has 25 heavy (non-hydrogen) atoms. The summed E-state index contributed by atoms with van der Waals surface area (Å²) in [6.45, 7) is 0. The molecule has 4 nitrogen and oxygen atoms in total. The summed E-state index contributed by atoms with van der Waals surface area (Å²) in [5, 5.41) is 0. The molecule has 0 aromatic heterocycles. The zero-order chi connectivity index (χ0) is 19.9. The molecule has 0 amide bonds. The van der Waals surface area contributed by atoms with Gasteiger partial charge in [0, 0.05) is 0 Å². The molecule has 0 aliphatic carbocycles. The third-order valence-electron chi connectivity index (χ3n) is 2.87. The Kier molecular flexibility index (Phi) is 5.61. The molecule has 0 aliphatic rings. The average Bonchev–Trinajstić information content (AvgIpc) is 2.43. The van der Waals surface area contributed by atoms with Gasteiger partial charge in [-0.1, -0.05) is 30.3 Å². The van der Waals surface area contributed by atoms with Crippen molar-refractivity contribution in [3.63, 3.8) is 0 Å². The fraction of sp³-hybridized carbons (Fsp3) is 0.455. The Balaban J connectivity index is 3.53. The number of halogens is 9. The summed E-state index contributed by atoms with van der Waals surface area (Å²) in [6, 6.07) is 4.37. The maximum absolute atomic E-state index is 14.0. The summed E-state index contributed by atoms with van der Waals surface area (Å²) in [5.74, 6) is -20.3. The van der Waals surface area contributed by atoms with Crippen LogP contribution in [0.4, 0.5) is 39.5 Å². The summed E-state index contributed by atoms with van der Waals surface area (Å²) < 4.78 is 133. The summed E-state index contributed by atoms with van der Waals surface area (Å²) in [4.78, 5) is 0. The molecule has 0 saturated heterocycles. The minimum Gasteiger partial charge on any atom is -0.292 e. The van der Waals surface area contributed by atoms with Gasteiger partial charge in [0.05, 0.1) is 0 Å². The van der Waals surface area contributed by atoms with Gasteiger partial charge in [0.25, 0.3) is 0 Å². The van der Waals surface area contributed by atoms with Gasteiger partial charge in [0.2, 0.25) is 0 Å². The summed E-state index contributed by atoms with van der Waals surface area (Å²) in [5.41, 5.74) is 8.26. The van der Waals surface area contributed by atoms with E-state index in [4.69, 9.17) is 0 Å². The second-order valence-electron chi connectivity index (χ2n) is 4.81. The zero-order valence-electron chi connectivity index (χ0n) is 11.8. The van der Waals surface area contributed by atoms with Gasteiger partial charge >= 0.3 is 31.6 Å². The number of hydrogen-bond donors (Lipinski definition) is 2. The van der Waals surface area contributed by atoms with Gasteiger partial charge in [-0.3, -0.25) is 9.09 Å². The predicted octanol–water partition coefficient (Wildman–Crippen LogP) is 4.24. The van der Waals surface area contributed by atoms with E-state index in [0.29, 0.717) is 12.1 Å². The van der Waals surface area contributed by atoms with Crippen LogP contribution in [0.15, 0.2) is 30.3 Å². The summed E-state index contributed by atoms with van der Waals surface area (Å²) in [7, 11) is -4.99. The molecular weight excluding hydrogens is 394 g/mol. The van der Waals surface area contributed by atoms with E-state index < -0.39 is 43.3 Å². The minimum absolute atomic E-state index is 0.635. The van der Waals surface area contributed by atoms with E-state index in [1.54, 1.807) is 0 Å². The van der Waals surface area contributed by atoms with Crippen LogP contribution < -0.4 is 11.0 Å². The van der Waals surface area contributed by atoms with E-state index >= 15 is 0 Å². The maximum atomic E-state index is 14.0. The minimum atomic E-state index is -7.13. The molecule has 144 valence electrons. The number of nitrogens with two attached hydrogens (primary N) is 2. The van der Waals surface area contributed by atoms with Crippen molar-refractivity contribution < 1.29 is 48.6 Å². The lowest BCUT2D eigenvalue weighted by Crippen LogP contribution is -2.62. The van der Waals surface area contributed by atoms with Crippen LogP contribution in [0.3, 0.4) is 0 Å². The van der Waals surface area contributed by atoms with E-state index in [9.17, 15) is 44.1 Å². The largest absolute Gasteiger partial charge is 0.460 e. The van der Waals surface area contributed by atoms with Gasteiger partial charge in [0.15, 0.2) is 6.10 Å². The molecule has 1 rings (SSSR count). The molecule has 0 saturated carbocycles. The molecule has 0 fully saturated rings. The van der Waals surface area contributed by atoms with E-state index in [-0.39, 0.29) is 0 Å². The first-order chi connectivity index (χ1) is 11.0. The van der Waals surface area contributed by atoms with Crippen LogP contribution in [0.1, 0.15) is 11.7 Å². The van der Waals surface area contributed by atoms with Gasteiger partial charge < -0.3 is 0 Å². The molecule has 0 radical (unpaired) electrons. The van der Waals surface area contributed by atoms with Gasteiger partial charge in [-0.25, -0.2) is 11.0 Å². The smallest absolute Gasteiger partial charge is 0.292 e. The second-order valence-corrected chi connectivity index (χ2v) is 6.31. The molecule has 0 heterocycles. The zero-order valence-corrected chi connectivity index (χ0v) is 12.7. The number of benzene rings is 1. The molecule has 0 bridgehead atoms. The first-order valence-corrected chi connectivity index (χ1v) is 7.82. The Hall–Kier alpha value is -1.30. The van der Waals surface area contributed by atoms with Gasteiger partial charge in [0.1, 0.15) is 0 Å². The van der Waals surface area contributed by atoms with Gasteiger partial charge in [-0.15, -0.1) is 0 Å². The van der Waals surface area contributed by atoms with Crippen molar-refractivity contribution in [2.45, 2.75) is 30.0 Å². The normalized spacial score (nSPS) is 16.0. The van der Waals surface area contributed by atoms with Crippen molar-refractivity contribution in [2.24, 2.45) is 11.0 Å². The van der Waals surface area contributed by atoms with Gasteiger partial charge in [-0.2, -0.15) is 39.5 Å². The standard InChI is InChI=1S/C11H10F9N2O2P/c12-8(13,9(14,15)10(16,17)11(18,19)20)7(24-25(21,22)23)6-4-2-1-3-5-6/h1-5,7H,(H4,21,22,23). The quantitative estimate of drug-likeness (QED) is 0.549.